The van der Waals surface area contributed by atoms with E-state index in [1.165, 1.54) is 5.06 Å². The second-order valence-electron chi connectivity index (χ2n) is 6.69. The van der Waals surface area contributed by atoms with Crippen molar-refractivity contribution >= 4 is 11.8 Å². The molecule has 7 nitrogen and oxygen atoms in total. The molecular formula is C16H22N4O3. The maximum Gasteiger partial charge on any atom is 0.272 e. The third-order valence-corrected chi connectivity index (χ3v) is 4.84. The summed E-state index contributed by atoms with van der Waals surface area (Å²) >= 11 is 0. The summed E-state index contributed by atoms with van der Waals surface area (Å²) in [5.74, 6) is 0.602. The molecule has 1 aliphatic carbocycles. The lowest BCUT2D eigenvalue weighted by molar-refractivity contribution is -0.201. The highest BCUT2D eigenvalue weighted by atomic mass is 16.7. The van der Waals surface area contributed by atoms with Gasteiger partial charge in [-0.25, -0.2) is 5.06 Å². The maximum atomic E-state index is 12.8. The van der Waals surface area contributed by atoms with Crippen LogP contribution in [0.4, 0.5) is 0 Å². The van der Waals surface area contributed by atoms with Crippen molar-refractivity contribution in [2.75, 3.05) is 19.7 Å². The highest BCUT2D eigenvalue weighted by molar-refractivity contribution is 5.82. The summed E-state index contributed by atoms with van der Waals surface area (Å²) in [6, 6.07) is 1.41. The molecule has 23 heavy (non-hydrogen) atoms. The van der Waals surface area contributed by atoms with E-state index >= 15 is 0 Å². The number of nitrogens with zero attached hydrogens (tertiary/aromatic N) is 4. The molecular weight excluding hydrogens is 296 g/mol. The first kappa shape index (κ1) is 14.7. The van der Waals surface area contributed by atoms with Gasteiger partial charge in [-0.1, -0.05) is 0 Å². The van der Waals surface area contributed by atoms with E-state index in [1.54, 1.807) is 10.9 Å². The third kappa shape index (κ3) is 2.97. The Morgan fingerprint density at radius 1 is 1.30 bits per heavy atom. The fourth-order valence-corrected chi connectivity index (χ4v) is 3.30. The van der Waals surface area contributed by atoms with E-state index in [9.17, 15) is 9.59 Å². The van der Waals surface area contributed by atoms with Crippen LogP contribution in [0.15, 0.2) is 12.3 Å². The quantitative estimate of drug-likeness (QED) is 0.837. The lowest BCUT2D eigenvalue weighted by atomic mass is 10.1. The van der Waals surface area contributed by atoms with Crippen molar-refractivity contribution in [3.63, 3.8) is 0 Å². The fraction of sp³-hybridized carbons (Fsp3) is 0.688. The topological polar surface area (TPSA) is 67.7 Å². The lowest BCUT2D eigenvalue weighted by Crippen LogP contribution is -2.49. The molecule has 1 aromatic heterocycles. The first-order chi connectivity index (χ1) is 11.2. The van der Waals surface area contributed by atoms with Gasteiger partial charge in [-0.2, -0.15) is 5.10 Å². The van der Waals surface area contributed by atoms with Gasteiger partial charge in [-0.05, 0) is 37.7 Å². The number of amides is 2. The van der Waals surface area contributed by atoms with Crippen molar-refractivity contribution < 1.29 is 14.4 Å². The summed E-state index contributed by atoms with van der Waals surface area (Å²) in [6.07, 6.45) is 6.54. The SMILES string of the molecule is O=C(CC1CC1)N1Cc2ccnn2C(C(=O)N2CCCCO2)C1. The molecule has 0 radical (unpaired) electrons. The Labute approximate surface area is 135 Å². The zero-order chi connectivity index (χ0) is 15.8. The van der Waals surface area contributed by atoms with Gasteiger partial charge in [-0.3, -0.25) is 19.1 Å². The van der Waals surface area contributed by atoms with Gasteiger partial charge in [0.2, 0.25) is 5.91 Å². The largest absolute Gasteiger partial charge is 0.334 e. The van der Waals surface area contributed by atoms with Crippen molar-refractivity contribution in [3.8, 4) is 0 Å². The van der Waals surface area contributed by atoms with Gasteiger partial charge in [0, 0.05) is 19.2 Å². The molecule has 0 aromatic carbocycles. The van der Waals surface area contributed by atoms with Crippen LogP contribution in [0.25, 0.3) is 0 Å². The van der Waals surface area contributed by atoms with Crippen LogP contribution in [0, 0.1) is 5.92 Å². The number of aromatic nitrogens is 2. The van der Waals surface area contributed by atoms with Crippen LogP contribution in [-0.4, -0.2) is 51.3 Å². The molecule has 3 aliphatic rings. The maximum absolute atomic E-state index is 12.8. The minimum Gasteiger partial charge on any atom is -0.334 e. The number of carbonyl (C=O) groups is 2. The number of fused-ring (bicyclic) bond motifs is 1. The Morgan fingerprint density at radius 3 is 2.91 bits per heavy atom. The van der Waals surface area contributed by atoms with Crippen LogP contribution in [0.5, 0.6) is 0 Å². The number of hydrogen-bond donors (Lipinski definition) is 0. The van der Waals surface area contributed by atoms with Crippen LogP contribution in [0.3, 0.4) is 0 Å². The normalized spacial score (nSPS) is 24.4. The van der Waals surface area contributed by atoms with E-state index < -0.39 is 6.04 Å². The highest BCUT2D eigenvalue weighted by Gasteiger charge is 2.37. The molecule has 0 spiro atoms. The van der Waals surface area contributed by atoms with Crippen LogP contribution in [0.1, 0.15) is 43.8 Å². The van der Waals surface area contributed by atoms with E-state index in [0.717, 1.165) is 31.4 Å². The number of carbonyl (C=O) groups excluding carboxylic acids is 2. The first-order valence-corrected chi connectivity index (χ1v) is 8.47. The molecule has 7 heteroatoms. The van der Waals surface area contributed by atoms with E-state index in [1.807, 2.05) is 11.0 Å². The monoisotopic (exact) mass is 318 g/mol. The summed E-state index contributed by atoms with van der Waals surface area (Å²) in [5.41, 5.74) is 0.913. The standard InChI is InChI=1S/C16H22N4O3/c21-15(9-12-3-4-12)18-10-13-5-6-17-20(13)14(11-18)16(22)19-7-1-2-8-23-19/h5-6,12,14H,1-4,7-11H2. The van der Waals surface area contributed by atoms with Gasteiger partial charge in [0.15, 0.2) is 6.04 Å². The van der Waals surface area contributed by atoms with Gasteiger partial charge in [0.25, 0.3) is 5.91 Å². The van der Waals surface area contributed by atoms with E-state index in [4.69, 9.17) is 4.84 Å². The molecule has 0 bridgehead atoms. The number of hydrogen-bond acceptors (Lipinski definition) is 4. The summed E-state index contributed by atoms with van der Waals surface area (Å²) < 4.78 is 1.75. The third-order valence-electron chi connectivity index (χ3n) is 4.84. The molecule has 124 valence electrons. The highest BCUT2D eigenvalue weighted by Crippen LogP contribution is 2.34. The molecule has 3 heterocycles. The summed E-state index contributed by atoms with van der Waals surface area (Å²) in [5, 5.41) is 5.75. The van der Waals surface area contributed by atoms with Gasteiger partial charge in [-0.15, -0.1) is 0 Å². The average molecular weight is 318 g/mol. The molecule has 1 saturated heterocycles. The van der Waals surface area contributed by atoms with Crippen LogP contribution in [0.2, 0.25) is 0 Å². The lowest BCUT2D eigenvalue weighted by Gasteiger charge is -2.36. The molecule has 1 saturated carbocycles. The minimum atomic E-state index is -0.477. The zero-order valence-corrected chi connectivity index (χ0v) is 13.2. The van der Waals surface area contributed by atoms with Gasteiger partial charge < -0.3 is 4.90 Å². The summed E-state index contributed by atoms with van der Waals surface area (Å²) in [7, 11) is 0. The van der Waals surface area contributed by atoms with E-state index in [0.29, 0.717) is 38.6 Å². The van der Waals surface area contributed by atoms with Crippen molar-refractivity contribution in [1.82, 2.24) is 19.7 Å². The van der Waals surface area contributed by atoms with Crippen molar-refractivity contribution in [1.29, 1.82) is 0 Å². The molecule has 0 N–H and O–H groups in total. The Balaban J connectivity index is 1.52. The molecule has 1 aromatic rings. The number of rotatable bonds is 3. The molecule has 1 atom stereocenters. The first-order valence-electron chi connectivity index (χ1n) is 8.47. The van der Waals surface area contributed by atoms with Gasteiger partial charge >= 0.3 is 0 Å². The molecule has 4 rings (SSSR count). The van der Waals surface area contributed by atoms with Crippen LogP contribution < -0.4 is 0 Å². The van der Waals surface area contributed by atoms with E-state index in [-0.39, 0.29) is 11.8 Å². The van der Waals surface area contributed by atoms with Crippen LogP contribution in [-0.2, 0) is 21.0 Å². The van der Waals surface area contributed by atoms with Crippen LogP contribution >= 0.6 is 0 Å². The zero-order valence-electron chi connectivity index (χ0n) is 13.2. The average Bonchev–Trinajstić information content (AvgIpc) is 3.27. The Bertz CT molecular complexity index is 604. The number of hydroxylamine groups is 2. The van der Waals surface area contributed by atoms with Crippen molar-refractivity contribution in [2.45, 2.75) is 44.7 Å². The van der Waals surface area contributed by atoms with Gasteiger partial charge in [0.05, 0.1) is 25.4 Å². The Hall–Kier alpha value is -1.89. The summed E-state index contributed by atoms with van der Waals surface area (Å²) in [6.45, 7) is 2.12. The van der Waals surface area contributed by atoms with Crippen molar-refractivity contribution in [3.05, 3.63) is 18.0 Å². The minimum absolute atomic E-state index is 0.0985. The van der Waals surface area contributed by atoms with Crippen molar-refractivity contribution in [2.24, 2.45) is 5.92 Å². The second kappa shape index (κ2) is 5.96. The smallest absolute Gasteiger partial charge is 0.272 e. The molecule has 2 amide bonds. The fourth-order valence-electron chi connectivity index (χ4n) is 3.30. The summed E-state index contributed by atoms with van der Waals surface area (Å²) in [4.78, 5) is 32.6. The molecule has 1 unspecified atom stereocenters. The molecule has 2 aliphatic heterocycles. The Morgan fingerprint density at radius 2 is 2.17 bits per heavy atom. The predicted octanol–water partition coefficient (Wildman–Crippen LogP) is 1.12. The van der Waals surface area contributed by atoms with Gasteiger partial charge in [0.1, 0.15) is 0 Å². The molecule has 2 fully saturated rings. The second-order valence-corrected chi connectivity index (χ2v) is 6.69. The van der Waals surface area contributed by atoms with E-state index in [2.05, 4.69) is 5.10 Å². The Kier molecular flexibility index (Phi) is 3.80. The predicted molar refractivity (Wildman–Crippen MR) is 80.9 cm³/mol.